The van der Waals surface area contributed by atoms with Gasteiger partial charge in [0.05, 0.1) is 13.2 Å². The third-order valence-electron chi connectivity index (χ3n) is 7.58. The highest BCUT2D eigenvalue weighted by molar-refractivity contribution is 9.10. The molecule has 10 nitrogen and oxygen atoms in total. The first-order valence-corrected chi connectivity index (χ1v) is 16.3. The minimum Gasteiger partial charge on any atom is -0.494 e. The number of hydrazine groups is 1. The van der Waals surface area contributed by atoms with Crippen molar-refractivity contribution >= 4 is 50.9 Å². The van der Waals surface area contributed by atoms with Crippen LogP contribution in [0.3, 0.4) is 0 Å². The average Bonchev–Trinajstić information content (AvgIpc) is 3.46. The van der Waals surface area contributed by atoms with Crippen LogP contribution in [0.15, 0.2) is 106 Å². The Bertz CT molecular complexity index is 1780. The fraction of sp³-hybridized carbons (Fsp3) is 0.235. The standard InChI is InChI=1S/C34H31BrCl2N6O4/c35-27-11-6-22(7-12-27)31-34(19-24-4-1-2-5-25(24)20-40-43-38,33(45)42-39-21-26-8-13-28(36)18-30(26)37)41-32(47-31)23-9-14-29(15-10-23)46-17-3-16-44/h1-2,4-15,18,31,39,44H,3,16-17,19-21H2,(H,42,45)/t31-,34-/m0/s1. The molecule has 2 atom stereocenters. The maximum atomic E-state index is 14.5. The van der Waals surface area contributed by atoms with Gasteiger partial charge in [0.1, 0.15) is 5.75 Å². The van der Waals surface area contributed by atoms with E-state index in [2.05, 4.69) is 36.8 Å². The third kappa shape index (κ3) is 8.44. The van der Waals surface area contributed by atoms with Gasteiger partial charge in [-0.3, -0.25) is 10.2 Å². The topological polar surface area (TPSA) is 141 Å². The zero-order chi connectivity index (χ0) is 33.2. The molecule has 1 amide bonds. The quantitative estimate of drug-likeness (QED) is 0.0401. The lowest BCUT2D eigenvalue weighted by molar-refractivity contribution is -0.130. The minimum absolute atomic E-state index is 0.0396. The summed E-state index contributed by atoms with van der Waals surface area (Å²) in [5, 5.41) is 13.8. The highest BCUT2D eigenvalue weighted by Crippen LogP contribution is 2.43. The number of hydrogen-bond acceptors (Lipinski definition) is 7. The van der Waals surface area contributed by atoms with Crippen LogP contribution >= 0.6 is 39.1 Å². The summed E-state index contributed by atoms with van der Waals surface area (Å²) in [4.78, 5) is 22.5. The molecule has 1 aliphatic rings. The number of nitrogens with one attached hydrogen (secondary N) is 2. The number of halogens is 3. The molecule has 0 saturated carbocycles. The molecule has 4 aromatic rings. The molecule has 0 bridgehead atoms. The zero-order valence-electron chi connectivity index (χ0n) is 25.1. The van der Waals surface area contributed by atoms with Crippen molar-refractivity contribution in [2.75, 3.05) is 13.2 Å². The van der Waals surface area contributed by atoms with Gasteiger partial charge in [-0.25, -0.2) is 10.4 Å². The van der Waals surface area contributed by atoms with Crippen molar-refractivity contribution in [2.24, 2.45) is 10.1 Å². The number of aliphatic hydroxyl groups excluding tert-OH is 1. The summed E-state index contributed by atoms with van der Waals surface area (Å²) in [6.07, 6.45) is -0.186. The highest BCUT2D eigenvalue weighted by Gasteiger charge is 2.53. The summed E-state index contributed by atoms with van der Waals surface area (Å²) in [6, 6.07) is 27.4. The number of carbonyl (C=O) groups excluding carboxylic acids is 1. The van der Waals surface area contributed by atoms with Gasteiger partial charge in [-0.2, -0.15) is 0 Å². The van der Waals surface area contributed by atoms with E-state index >= 15 is 0 Å². The van der Waals surface area contributed by atoms with E-state index in [0.717, 1.165) is 26.7 Å². The van der Waals surface area contributed by atoms with Gasteiger partial charge in [-0.1, -0.05) is 86.7 Å². The number of carbonyl (C=O) groups is 1. The molecular formula is C34H31BrCl2N6O4. The molecule has 0 aliphatic carbocycles. The summed E-state index contributed by atoms with van der Waals surface area (Å²) in [6.45, 7) is 0.753. The van der Waals surface area contributed by atoms with Crippen LogP contribution in [0, 0.1) is 0 Å². The second kappa shape index (κ2) is 16.1. The molecular weight excluding hydrogens is 707 g/mol. The molecule has 5 rings (SSSR count). The van der Waals surface area contributed by atoms with Gasteiger partial charge in [-0.05, 0) is 76.3 Å². The van der Waals surface area contributed by atoms with Gasteiger partial charge in [0.2, 0.25) is 5.90 Å². The van der Waals surface area contributed by atoms with E-state index in [1.54, 1.807) is 30.3 Å². The van der Waals surface area contributed by atoms with E-state index in [-0.39, 0.29) is 32.0 Å². The molecule has 0 fully saturated rings. The van der Waals surface area contributed by atoms with Crippen LogP contribution in [0.4, 0.5) is 0 Å². The Kier molecular flexibility index (Phi) is 11.8. The molecule has 1 heterocycles. The maximum Gasteiger partial charge on any atom is 0.266 e. The Hall–Kier alpha value is -4.09. The Labute approximate surface area is 290 Å². The van der Waals surface area contributed by atoms with Gasteiger partial charge in [0.15, 0.2) is 11.6 Å². The smallest absolute Gasteiger partial charge is 0.266 e. The molecule has 1 aliphatic heterocycles. The van der Waals surface area contributed by atoms with Crippen LogP contribution in [0.25, 0.3) is 10.4 Å². The molecule has 3 N–H and O–H groups in total. The van der Waals surface area contributed by atoms with Crippen LogP contribution in [0.5, 0.6) is 5.75 Å². The van der Waals surface area contributed by atoms with Crippen LogP contribution in [-0.4, -0.2) is 35.7 Å². The van der Waals surface area contributed by atoms with Crippen LogP contribution in [-0.2, 0) is 29.0 Å². The number of rotatable bonds is 14. The predicted octanol–water partition coefficient (Wildman–Crippen LogP) is 7.65. The summed E-state index contributed by atoms with van der Waals surface area (Å²) < 4.78 is 13.2. The summed E-state index contributed by atoms with van der Waals surface area (Å²) in [5.41, 5.74) is 17.1. The van der Waals surface area contributed by atoms with Gasteiger partial charge in [-0.15, -0.1) is 0 Å². The van der Waals surface area contributed by atoms with Gasteiger partial charge < -0.3 is 14.6 Å². The Morgan fingerprint density at radius 3 is 2.49 bits per heavy atom. The SMILES string of the molecule is [N-]=[N+]=NCc1ccccc1C[C@]1(C(=O)NNCc2ccc(Cl)cc2Cl)N=C(c2ccc(OCCCO)cc2)O[C@H]1c1ccc(Br)cc1. The summed E-state index contributed by atoms with van der Waals surface area (Å²) in [5.74, 6) is 0.475. The largest absolute Gasteiger partial charge is 0.494 e. The van der Waals surface area contributed by atoms with Crippen molar-refractivity contribution in [1.82, 2.24) is 10.9 Å². The maximum absolute atomic E-state index is 14.5. The van der Waals surface area contributed by atoms with Crippen molar-refractivity contribution in [1.29, 1.82) is 0 Å². The van der Waals surface area contributed by atoms with Crippen LogP contribution in [0.2, 0.25) is 10.0 Å². The van der Waals surface area contributed by atoms with E-state index in [9.17, 15) is 4.79 Å². The molecule has 242 valence electrons. The predicted molar refractivity (Wildman–Crippen MR) is 185 cm³/mol. The number of aliphatic hydroxyl groups is 1. The highest BCUT2D eigenvalue weighted by atomic mass is 79.9. The normalized spacial score (nSPS) is 16.9. The molecule has 0 aromatic heterocycles. The zero-order valence-corrected chi connectivity index (χ0v) is 28.2. The second-order valence-corrected chi connectivity index (χ2v) is 12.5. The fourth-order valence-electron chi connectivity index (χ4n) is 5.20. The third-order valence-corrected chi connectivity index (χ3v) is 8.70. The first kappa shape index (κ1) is 34.3. The Morgan fingerprint density at radius 1 is 1.04 bits per heavy atom. The van der Waals surface area contributed by atoms with E-state index < -0.39 is 17.6 Å². The van der Waals surface area contributed by atoms with E-state index in [0.29, 0.717) is 34.4 Å². The summed E-state index contributed by atoms with van der Waals surface area (Å²) >= 11 is 15.9. The lowest BCUT2D eigenvalue weighted by Crippen LogP contribution is -2.53. The molecule has 13 heteroatoms. The molecule has 0 unspecified atom stereocenters. The molecule has 0 radical (unpaired) electrons. The number of ether oxygens (including phenoxy) is 2. The Balaban J connectivity index is 1.55. The number of benzene rings is 4. The average molecular weight is 738 g/mol. The molecule has 0 saturated heterocycles. The van der Waals surface area contributed by atoms with Gasteiger partial charge >= 0.3 is 0 Å². The number of azide groups is 1. The lowest BCUT2D eigenvalue weighted by atomic mass is 9.81. The lowest BCUT2D eigenvalue weighted by Gasteiger charge is -2.31. The number of aliphatic imine (C=N–C) groups is 1. The van der Waals surface area contributed by atoms with E-state index in [4.69, 9.17) is 48.3 Å². The molecule has 4 aromatic carbocycles. The number of amides is 1. The first-order valence-electron chi connectivity index (χ1n) is 14.7. The van der Waals surface area contributed by atoms with E-state index in [1.807, 2.05) is 60.7 Å². The number of hydrogen-bond donors (Lipinski definition) is 3. The van der Waals surface area contributed by atoms with Crippen molar-refractivity contribution in [3.63, 3.8) is 0 Å². The van der Waals surface area contributed by atoms with Gasteiger partial charge in [0, 0.05) is 51.0 Å². The first-order chi connectivity index (χ1) is 22.8. The minimum atomic E-state index is -1.50. The molecule has 47 heavy (non-hydrogen) atoms. The molecule has 0 spiro atoms. The summed E-state index contributed by atoms with van der Waals surface area (Å²) in [7, 11) is 0. The van der Waals surface area contributed by atoms with Crippen LogP contribution < -0.4 is 15.6 Å². The van der Waals surface area contributed by atoms with E-state index in [1.165, 1.54) is 0 Å². The van der Waals surface area contributed by atoms with Gasteiger partial charge in [0.25, 0.3) is 5.91 Å². The van der Waals surface area contributed by atoms with Crippen LogP contribution in [0.1, 0.15) is 40.3 Å². The monoisotopic (exact) mass is 736 g/mol. The van der Waals surface area contributed by atoms with Crippen molar-refractivity contribution in [3.8, 4) is 5.75 Å². The van der Waals surface area contributed by atoms with Crippen molar-refractivity contribution in [3.05, 3.63) is 144 Å². The van der Waals surface area contributed by atoms with Crippen molar-refractivity contribution < 1.29 is 19.4 Å². The fourth-order valence-corrected chi connectivity index (χ4v) is 5.93. The van der Waals surface area contributed by atoms with Crippen molar-refractivity contribution in [2.45, 2.75) is 37.6 Å². The number of nitrogens with zero attached hydrogens (tertiary/aromatic N) is 4. The Morgan fingerprint density at radius 2 is 1.79 bits per heavy atom. The second-order valence-electron chi connectivity index (χ2n) is 10.7.